The van der Waals surface area contributed by atoms with Gasteiger partial charge in [-0.05, 0) is 49.9 Å². The lowest BCUT2D eigenvalue weighted by Gasteiger charge is -2.32. The van der Waals surface area contributed by atoms with Crippen LogP contribution < -0.4 is 0 Å². The zero-order valence-electron chi connectivity index (χ0n) is 14.4. The second-order valence-electron chi connectivity index (χ2n) is 6.87. The van der Waals surface area contributed by atoms with Gasteiger partial charge in [-0.1, -0.05) is 6.07 Å². The third-order valence-corrected chi connectivity index (χ3v) is 5.12. The number of carbonyl (C=O) groups is 1. The molecule has 2 saturated heterocycles. The molecule has 5 heteroatoms. The molecule has 5 nitrogen and oxygen atoms in total. The number of piperidine rings is 1. The number of hydrogen-bond donors (Lipinski definition) is 0. The van der Waals surface area contributed by atoms with E-state index in [0.717, 1.165) is 61.8 Å². The molecule has 0 bridgehead atoms. The number of carbonyl (C=O) groups excluding carboxylic acids is 1. The predicted octanol–water partition coefficient (Wildman–Crippen LogP) is 3.04. The summed E-state index contributed by atoms with van der Waals surface area (Å²) in [7, 11) is 0. The second-order valence-corrected chi connectivity index (χ2v) is 6.87. The van der Waals surface area contributed by atoms with Crippen LogP contribution in [0.15, 0.2) is 36.5 Å². The van der Waals surface area contributed by atoms with Crippen molar-refractivity contribution < 1.29 is 14.3 Å². The van der Waals surface area contributed by atoms with E-state index in [1.165, 1.54) is 0 Å². The highest BCUT2D eigenvalue weighted by Gasteiger charge is 2.25. The summed E-state index contributed by atoms with van der Waals surface area (Å²) in [6.07, 6.45) is 6.32. The number of rotatable bonds is 4. The third kappa shape index (κ3) is 3.83. The molecule has 3 heterocycles. The van der Waals surface area contributed by atoms with Crippen molar-refractivity contribution in [3.05, 3.63) is 42.1 Å². The van der Waals surface area contributed by atoms with Crippen molar-refractivity contribution in [1.29, 1.82) is 0 Å². The summed E-state index contributed by atoms with van der Waals surface area (Å²) in [5.74, 6) is 0.100. The Morgan fingerprint density at radius 3 is 2.92 bits per heavy atom. The molecular formula is C20H24N2O3. The van der Waals surface area contributed by atoms with E-state index < -0.39 is 0 Å². The molecule has 0 N–H and O–H groups in total. The first-order valence-corrected chi connectivity index (χ1v) is 9.17. The van der Waals surface area contributed by atoms with E-state index in [0.29, 0.717) is 6.61 Å². The van der Waals surface area contributed by atoms with Crippen LogP contribution in [0.4, 0.5) is 0 Å². The molecule has 0 aliphatic carbocycles. The molecule has 0 spiro atoms. The summed E-state index contributed by atoms with van der Waals surface area (Å²) in [5, 5.41) is 1.00. The maximum Gasteiger partial charge on any atom is 0.253 e. The molecular weight excluding hydrogens is 316 g/mol. The van der Waals surface area contributed by atoms with Crippen LogP contribution in [0, 0.1) is 0 Å². The number of pyridine rings is 1. The number of benzene rings is 1. The molecule has 2 aliphatic heterocycles. The third-order valence-electron chi connectivity index (χ3n) is 5.12. The molecule has 0 unspecified atom stereocenters. The number of ether oxygens (including phenoxy) is 2. The van der Waals surface area contributed by atoms with Gasteiger partial charge in [0.1, 0.15) is 0 Å². The molecule has 0 saturated carbocycles. The first kappa shape index (κ1) is 16.5. The number of hydrogen-bond acceptors (Lipinski definition) is 4. The van der Waals surface area contributed by atoms with Gasteiger partial charge in [-0.2, -0.15) is 0 Å². The van der Waals surface area contributed by atoms with Crippen molar-refractivity contribution in [3.63, 3.8) is 0 Å². The quantitative estimate of drug-likeness (QED) is 0.858. The predicted molar refractivity (Wildman–Crippen MR) is 95.6 cm³/mol. The van der Waals surface area contributed by atoms with Crippen molar-refractivity contribution >= 4 is 16.8 Å². The molecule has 0 radical (unpaired) electrons. The smallest absolute Gasteiger partial charge is 0.253 e. The molecule has 1 aromatic carbocycles. The Bertz CT molecular complexity index is 735. The Morgan fingerprint density at radius 1 is 1.24 bits per heavy atom. The Balaban J connectivity index is 1.32. The second kappa shape index (κ2) is 7.50. The van der Waals surface area contributed by atoms with Crippen molar-refractivity contribution in [1.82, 2.24) is 9.88 Å². The molecule has 1 atom stereocenters. The molecule has 2 aliphatic rings. The molecule has 132 valence electrons. The minimum atomic E-state index is 0.100. The summed E-state index contributed by atoms with van der Waals surface area (Å²) in [5.41, 5.74) is 1.65. The lowest BCUT2D eigenvalue weighted by atomic mass is 10.0. The Hall–Kier alpha value is -1.98. The normalized spacial score (nSPS) is 21.8. The van der Waals surface area contributed by atoms with Crippen molar-refractivity contribution in [2.24, 2.45) is 0 Å². The van der Waals surface area contributed by atoms with Crippen LogP contribution in [0.2, 0.25) is 0 Å². The standard InChI is InChI=1S/C20H24N2O3/c23-20(16-5-6-19-15(13-16)3-1-9-21-19)22-10-7-17(8-11-22)25-14-18-4-2-12-24-18/h1,3,5-6,9,13,17-18H,2,4,7-8,10-12,14H2/t18-/m1/s1. The minimum absolute atomic E-state index is 0.100. The fourth-order valence-corrected chi connectivity index (χ4v) is 3.64. The van der Waals surface area contributed by atoms with Crippen LogP contribution in [-0.2, 0) is 9.47 Å². The van der Waals surface area contributed by atoms with Crippen molar-refractivity contribution in [3.8, 4) is 0 Å². The van der Waals surface area contributed by atoms with Crippen LogP contribution in [0.1, 0.15) is 36.0 Å². The number of aromatic nitrogens is 1. The van der Waals surface area contributed by atoms with Gasteiger partial charge in [-0.25, -0.2) is 0 Å². The molecule has 25 heavy (non-hydrogen) atoms. The van der Waals surface area contributed by atoms with Gasteiger partial charge in [0.2, 0.25) is 0 Å². The van der Waals surface area contributed by atoms with E-state index in [9.17, 15) is 4.79 Å². The highest BCUT2D eigenvalue weighted by atomic mass is 16.5. The van der Waals surface area contributed by atoms with Gasteiger partial charge in [-0.3, -0.25) is 9.78 Å². The molecule has 1 aromatic heterocycles. The first-order valence-electron chi connectivity index (χ1n) is 9.17. The average Bonchev–Trinajstić information content (AvgIpc) is 3.19. The summed E-state index contributed by atoms with van der Waals surface area (Å²) in [6, 6.07) is 9.61. The van der Waals surface area contributed by atoms with E-state index in [-0.39, 0.29) is 18.1 Å². The first-order chi connectivity index (χ1) is 12.3. The topological polar surface area (TPSA) is 51.7 Å². The van der Waals surface area contributed by atoms with E-state index in [1.54, 1.807) is 6.20 Å². The lowest BCUT2D eigenvalue weighted by Crippen LogP contribution is -2.41. The Kier molecular flexibility index (Phi) is 4.95. The van der Waals surface area contributed by atoms with Gasteiger partial charge in [-0.15, -0.1) is 0 Å². The van der Waals surface area contributed by atoms with E-state index in [1.807, 2.05) is 35.2 Å². The van der Waals surface area contributed by atoms with E-state index >= 15 is 0 Å². The molecule has 4 rings (SSSR count). The maximum atomic E-state index is 12.8. The highest BCUT2D eigenvalue weighted by molar-refractivity contribution is 5.97. The van der Waals surface area contributed by atoms with Crippen LogP contribution in [0.25, 0.3) is 10.9 Å². The summed E-state index contributed by atoms with van der Waals surface area (Å²) in [4.78, 5) is 19.0. The Morgan fingerprint density at radius 2 is 2.12 bits per heavy atom. The number of likely N-dealkylation sites (tertiary alicyclic amines) is 1. The van der Waals surface area contributed by atoms with Gasteiger partial charge in [0, 0.05) is 36.8 Å². The summed E-state index contributed by atoms with van der Waals surface area (Å²) in [6.45, 7) is 3.05. The fraction of sp³-hybridized carbons (Fsp3) is 0.500. The number of amides is 1. The van der Waals surface area contributed by atoms with Gasteiger partial charge in [0.05, 0.1) is 24.3 Å². The summed E-state index contributed by atoms with van der Waals surface area (Å²) >= 11 is 0. The van der Waals surface area contributed by atoms with Crippen molar-refractivity contribution in [2.45, 2.75) is 37.9 Å². The van der Waals surface area contributed by atoms with Crippen LogP contribution in [0.3, 0.4) is 0 Å². The van der Waals surface area contributed by atoms with Crippen molar-refractivity contribution in [2.75, 3.05) is 26.3 Å². The molecule has 1 amide bonds. The van der Waals surface area contributed by atoms with Crippen LogP contribution in [0.5, 0.6) is 0 Å². The number of fused-ring (bicyclic) bond motifs is 1. The summed E-state index contributed by atoms with van der Waals surface area (Å²) < 4.78 is 11.6. The molecule has 2 fully saturated rings. The SMILES string of the molecule is O=C(c1ccc2ncccc2c1)N1CCC(OC[C@H]2CCCO2)CC1. The van der Waals surface area contributed by atoms with E-state index in [4.69, 9.17) is 9.47 Å². The highest BCUT2D eigenvalue weighted by Crippen LogP contribution is 2.20. The fourth-order valence-electron chi connectivity index (χ4n) is 3.64. The maximum absolute atomic E-state index is 12.8. The Labute approximate surface area is 147 Å². The number of nitrogens with zero attached hydrogens (tertiary/aromatic N) is 2. The van der Waals surface area contributed by atoms with E-state index in [2.05, 4.69) is 4.98 Å². The zero-order valence-corrected chi connectivity index (χ0v) is 14.4. The monoisotopic (exact) mass is 340 g/mol. The van der Waals surface area contributed by atoms with Gasteiger partial charge in [0.15, 0.2) is 0 Å². The van der Waals surface area contributed by atoms with Gasteiger partial charge in [0.25, 0.3) is 5.91 Å². The van der Waals surface area contributed by atoms with Crippen LogP contribution in [-0.4, -0.2) is 54.3 Å². The average molecular weight is 340 g/mol. The largest absolute Gasteiger partial charge is 0.376 e. The lowest BCUT2D eigenvalue weighted by molar-refractivity contribution is -0.0395. The van der Waals surface area contributed by atoms with Crippen LogP contribution >= 0.6 is 0 Å². The zero-order chi connectivity index (χ0) is 17.1. The molecule has 2 aromatic rings. The minimum Gasteiger partial charge on any atom is -0.376 e. The van der Waals surface area contributed by atoms with Gasteiger partial charge >= 0.3 is 0 Å². The van der Waals surface area contributed by atoms with Gasteiger partial charge < -0.3 is 14.4 Å².